The van der Waals surface area contributed by atoms with Crippen molar-refractivity contribution in [3.05, 3.63) is 23.5 Å². The molecule has 6 nitrogen and oxygen atoms in total. The highest BCUT2D eigenvalue weighted by molar-refractivity contribution is 5.87. The standard InChI is InChI=1S/C11H18N2O4/c1-3-17-11(16)8-5-4-7(13-8)10(15)9(14)6-12-2/h4-5,9-10,12-15H,3,6H2,1-2H3. The molecule has 1 aromatic heterocycles. The number of aliphatic hydroxyl groups excluding tert-OH is 2. The molecule has 0 radical (unpaired) electrons. The Labute approximate surface area is 99.6 Å². The predicted octanol–water partition coefficient (Wildman–Crippen LogP) is -0.195. The van der Waals surface area contributed by atoms with Crippen LogP contribution in [0, 0.1) is 0 Å². The van der Waals surface area contributed by atoms with Gasteiger partial charge in [-0.15, -0.1) is 0 Å². The molecular weight excluding hydrogens is 224 g/mol. The Kier molecular flexibility index (Phi) is 5.14. The summed E-state index contributed by atoms with van der Waals surface area (Å²) in [6.07, 6.45) is -2.00. The molecule has 1 aromatic rings. The highest BCUT2D eigenvalue weighted by Gasteiger charge is 2.20. The Morgan fingerprint density at radius 1 is 1.53 bits per heavy atom. The molecule has 17 heavy (non-hydrogen) atoms. The number of esters is 1. The van der Waals surface area contributed by atoms with E-state index >= 15 is 0 Å². The second-order valence-corrected chi connectivity index (χ2v) is 3.62. The molecule has 0 aromatic carbocycles. The predicted molar refractivity (Wildman–Crippen MR) is 61.6 cm³/mol. The zero-order valence-electron chi connectivity index (χ0n) is 9.93. The van der Waals surface area contributed by atoms with E-state index in [0.717, 1.165) is 0 Å². The number of H-pyrrole nitrogens is 1. The number of likely N-dealkylation sites (N-methyl/N-ethyl adjacent to an activating group) is 1. The van der Waals surface area contributed by atoms with Gasteiger partial charge in [0.15, 0.2) is 0 Å². The Hall–Kier alpha value is -1.37. The van der Waals surface area contributed by atoms with E-state index in [1.807, 2.05) is 0 Å². The van der Waals surface area contributed by atoms with Crippen molar-refractivity contribution < 1.29 is 19.7 Å². The van der Waals surface area contributed by atoms with E-state index in [9.17, 15) is 15.0 Å². The van der Waals surface area contributed by atoms with E-state index < -0.39 is 18.2 Å². The summed E-state index contributed by atoms with van der Waals surface area (Å²) in [6.45, 7) is 2.26. The van der Waals surface area contributed by atoms with Crippen LogP contribution in [-0.2, 0) is 4.74 Å². The lowest BCUT2D eigenvalue weighted by atomic mass is 10.1. The summed E-state index contributed by atoms with van der Waals surface area (Å²) in [4.78, 5) is 14.1. The van der Waals surface area contributed by atoms with Crippen molar-refractivity contribution in [3.8, 4) is 0 Å². The molecular formula is C11H18N2O4. The van der Waals surface area contributed by atoms with Gasteiger partial charge in [0.2, 0.25) is 0 Å². The Bertz CT molecular complexity index is 364. The van der Waals surface area contributed by atoms with Gasteiger partial charge in [-0.3, -0.25) is 0 Å². The fourth-order valence-corrected chi connectivity index (χ4v) is 1.44. The molecule has 0 fully saturated rings. The molecule has 0 saturated heterocycles. The van der Waals surface area contributed by atoms with Gasteiger partial charge in [0, 0.05) is 12.2 Å². The monoisotopic (exact) mass is 242 g/mol. The number of hydrogen-bond acceptors (Lipinski definition) is 5. The third-order valence-corrected chi connectivity index (χ3v) is 2.30. The first-order valence-corrected chi connectivity index (χ1v) is 5.46. The summed E-state index contributed by atoms with van der Waals surface area (Å²) in [6, 6.07) is 3.07. The number of aromatic amines is 1. The maximum Gasteiger partial charge on any atom is 0.354 e. The molecule has 0 aliphatic rings. The molecule has 0 aliphatic heterocycles. The maximum atomic E-state index is 11.4. The smallest absolute Gasteiger partial charge is 0.354 e. The first kappa shape index (κ1) is 13.7. The van der Waals surface area contributed by atoms with Crippen molar-refractivity contribution in [3.63, 3.8) is 0 Å². The van der Waals surface area contributed by atoms with Crippen LogP contribution in [0.5, 0.6) is 0 Å². The van der Waals surface area contributed by atoms with Crippen molar-refractivity contribution >= 4 is 5.97 Å². The van der Waals surface area contributed by atoms with Crippen LogP contribution in [0.3, 0.4) is 0 Å². The van der Waals surface area contributed by atoms with Crippen molar-refractivity contribution in [2.75, 3.05) is 20.2 Å². The van der Waals surface area contributed by atoms with Crippen LogP contribution in [0.15, 0.2) is 12.1 Å². The van der Waals surface area contributed by atoms with E-state index in [-0.39, 0.29) is 18.8 Å². The molecule has 0 amide bonds. The second-order valence-electron chi connectivity index (χ2n) is 3.62. The maximum absolute atomic E-state index is 11.4. The Morgan fingerprint density at radius 2 is 2.24 bits per heavy atom. The normalized spacial score (nSPS) is 14.4. The van der Waals surface area contributed by atoms with Gasteiger partial charge in [-0.2, -0.15) is 0 Å². The summed E-state index contributed by atoms with van der Waals surface area (Å²) >= 11 is 0. The number of carbonyl (C=O) groups is 1. The minimum absolute atomic E-state index is 0.259. The van der Waals surface area contributed by atoms with E-state index in [0.29, 0.717) is 5.69 Å². The number of ether oxygens (including phenoxy) is 1. The van der Waals surface area contributed by atoms with E-state index in [1.165, 1.54) is 6.07 Å². The van der Waals surface area contributed by atoms with Crippen molar-refractivity contribution in [1.82, 2.24) is 10.3 Å². The zero-order chi connectivity index (χ0) is 12.8. The number of aliphatic hydroxyl groups is 2. The van der Waals surface area contributed by atoms with Crippen LogP contribution in [0.2, 0.25) is 0 Å². The van der Waals surface area contributed by atoms with Gasteiger partial charge in [0.05, 0.1) is 12.7 Å². The fourth-order valence-electron chi connectivity index (χ4n) is 1.44. The quantitative estimate of drug-likeness (QED) is 0.518. The Balaban J connectivity index is 2.70. The van der Waals surface area contributed by atoms with Gasteiger partial charge in [0.1, 0.15) is 11.8 Å². The number of aromatic nitrogens is 1. The highest BCUT2D eigenvalue weighted by Crippen LogP contribution is 2.16. The largest absolute Gasteiger partial charge is 0.461 e. The lowest BCUT2D eigenvalue weighted by Crippen LogP contribution is -2.29. The lowest BCUT2D eigenvalue weighted by Gasteiger charge is -2.16. The molecule has 6 heteroatoms. The third kappa shape index (κ3) is 3.55. The SMILES string of the molecule is CCOC(=O)c1ccc(C(O)C(O)CNC)[nH]1. The third-order valence-electron chi connectivity index (χ3n) is 2.30. The van der Waals surface area contributed by atoms with Crippen LogP contribution in [0.4, 0.5) is 0 Å². The van der Waals surface area contributed by atoms with Gasteiger partial charge < -0.3 is 25.3 Å². The average Bonchev–Trinajstić information content (AvgIpc) is 2.78. The van der Waals surface area contributed by atoms with Gasteiger partial charge in [-0.1, -0.05) is 0 Å². The molecule has 1 rings (SSSR count). The van der Waals surface area contributed by atoms with E-state index in [1.54, 1.807) is 20.0 Å². The lowest BCUT2D eigenvalue weighted by molar-refractivity contribution is 0.0177. The van der Waals surface area contributed by atoms with E-state index in [2.05, 4.69) is 10.3 Å². The molecule has 4 N–H and O–H groups in total. The van der Waals surface area contributed by atoms with E-state index in [4.69, 9.17) is 4.74 Å². The van der Waals surface area contributed by atoms with Crippen molar-refractivity contribution in [2.24, 2.45) is 0 Å². The summed E-state index contributed by atoms with van der Waals surface area (Å²) in [5.41, 5.74) is 0.647. The number of nitrogens with one attached hydrogen (secondary N) is 2. The average molecular weight is 242 g/mol. The van der Waals surface area contributed by atoms with Gasteiger partial charge in [0.25, 0.3) is 0 Å². The van der Waals surface area contributed by atoms with Gasteiger partial charge >= 0.3 is 5.97 Å². The highest BCUT2D eigenvalue weighted by atomic mass is 16.5. The summed E-state index contributed by atoms with van der Waals surface area (Å²) < 4.78 is 4.80. The summed E-state index contributed by atoms with van der Waals surface area (Å²) in [5.74, 6) is -0.478. The first-order valence-electron chi connectivity index (χ1n) is 5.46. The number of rotatable bonds is 6. The Morgan fingerprint density at radius 3 is 2.82 bits per heavy atom. The molecule has 2 unspecified atom stereocenters. The molecule has 0 saturated carbocycles. The molecule has 0 spiro atoms. The van der Waals surface area contributed by atoms with Gasteiger partial charge in [-0.05, 0) is 26.1 Å². The molecule has 2 atom stereocenters. The minimum Gasteiger partial charge on any atom is -0.461 e. The van der Waals surface area contributed by atoms with Crippen molar-refractivity contribution in [1.29, 1.82) is 0 Å². The van der Waals surface area contributed by atoms with Crippen molar-refractivity contribution in [2.45, 2.75) is 19.1 Å². The first-order chi connectivity index (χ1) is 8.10. The fraction of sp³-hybridized carbons (Fsp3) is 0.545. The molecule has 1 heterocycles. The second kappa shape index (κ2) is 6.39. The zero-order valence-corrected chi connectivity index (χ0v) is 9.93. The van der Waals surface area contributed by atoms with Crippen LogP contribution < -0.4 is 5.32 Å². The molecule has 96 valence electrons. The molecule has 0 bridgehead atoms. The van der Waals surface area contributed by atoms with Gasteiger partial charge in [-0.25, -0.2) is 4.79 Å². The summed E-state index contributed by atoms with van der Waals surface area (Å²) in [7, 11) is 1.68. The summed E-state index contributed by atoms with van der Waals surface area (Å²) in [5, 5.41) is 22.1. The molecule has 0 aliphatic carbocycles. The van der Waals surface area contributed by atoms with Crippen LogP contribution in [0.1, 0.15) is 29.2 Å². The topological polar surface area (TPSA) is 94.6 Å². The number of carbonyl (C=O) groups excluding carboxylic acids is 1. The van der Waals surface area contributed by atoms with Crippen LogP contribution >= 0.6 is 0 Å². The van der Waals surface area contributed by atoms with Crippen LogP contribution in [-0.4, -0.2) is 47.5 Å². The minimum atomic E-state index is -1.06. The number of hydrogen-bond donors (Lipinski definition) is 4. The van der Waals surface area contributed by atoms with Crippen LogP contribution in [0.25, 0.3) is 0 Å².